The molecule has 0 radical (unpaired) electrons. The molecule has 5 nitrogen and oxygen atoms in total. The van der Waals surface area contributed by atoms with Crippen LogP contribution in [-0.4, -0.2) is 19.9 Å². The summed E-state index contributed by atoms with van der Waals surface area (Å²) in [6.07, 6.45) is 3.57. The van der Waals surface area contributed by atoms with Gasteiger partial charge in [-0.25, -0.2) is 9.67 Å². The molecule has 5 aromatic rings. The standard InChI is InChI=1S/C27H21N3O2/c31-24-13-11-21(12-14-24)22-17-25(26-15-16-29-30(26)23-9-5-2-6-10-23)27(28-18-22)32-19-20-7-3-1-4-8-20/h1-18,31H,19H2. The summed E-state index contributed by atoms with van der Waals surface area (Å²) in [7, 11) is 0. The smallest absolute Gasteiger partial charge is 0.223 e. The van der Waals surface area contributed by atoms with Gasteiger partial charge >= 0.3 is 0 Å². The molecule has 5 heteroatoms. The van der Waals surface area contributed by atoms with Gasteiger partial charge in [0.15, 0.2) is 0 Å². The van der Waals surface area contributed by atoms with Crippen molar-refractivity contribution in [3.05, 3.63) is 115 Å². The van der Waals surface area contributed by atoms with Gasteiger partial charge < -0.3 is 9.84 Å². The molecule has 0 aliphatic rings. The number of pyridine rings is 1. The molecule has 0 amide bonds. The van der Waals surface area contributed by atoms with Gasteiger partial charge in [0.2, 0.25) is 5.88 Å². The van der Waals surface area contributed by atoms with E-state index in [4.69, 9.17) is 4.74 Å². The molecule has 0 saturated heterocycles. The summed E-state index contributed by atoms with van der Waals surface area (Å²) < 4.78 is 8.04. The minimum absolute atomic E-state index is 0.229. The lowest BCUT2D eigenvalue weighted by Gasteiger charge is -2.14. The zero-order valence-corrected chi connectivity index (χ0v) is 17.3. The maximum atomic E-state index is 9.65. The Morgan fingerprint density at radius 3 is 2.25 bits per heavy atom. The first kappa shape index (κ1) is 19.6. The average molecular weight is 419 g/mol. The summed E-state index contributed by atoms with van der Waals surface area (Å²) in [6.45, 7) is 0.416. The van der Waals surface area contributed by atoms with Gasteiger partial charge in [-0.05, 0) is 47.5 Å². The van der Waals surface area contributed by atoms with Gasteiger partial charge in [-0.15, -0.1) is 0 Å². The highest BCUT2D eigenvalue weighted by atomic mass is 16.5. The van der Waals surface area contributed by atoms with Gasteiger partial charge in [0, 0.05) is 11.8 Å². The van der Waals surface area contributed by atoms with Gasteiger partial charge in [0.05, 0.1) is 23.1 Å². The van der Waals surface area contributed by atoms with Crippen LogP contribution in [0.2, 0.25) is 0 Å². The third kappa shape index (κ3) is 4.09. The van der Waals surface area contributed by atoms with Crippen molar-refractivity contribution >= 4 is 0 Å². The molecule has 3 aromatic carbocycles. The molecule has 0 bridgehead atoms. The van der Waals surface area contributed by atoms with E-state index < -0.39 is 0 Å². The molecular weight excluding hydrogens is 398 g/mol. The first-order valence-corrected chi connectivity index (χ1v) is 10.3. The predicted molar refractivity (Wildman–Crippen MR) is 125 cm³/mol. The Bertz CT molecular complexity index is 1310. The van der Waals surface area contributed by atoms with Crippen molar-refractivity contribution in [2.75, 3.05) is 0 Å². The van der Waals surface area contributed by atoms with Crippen LogP contribution in [0.1, 0.15) is 5.56 Å². The number of aromatic hydroxyl groups is 1. The van der Waals surface area contributed by atoms with E-state index >= 15 is 0 Å². The Kier molecular flexibility index (Phi) is 5.37. The fraction of sp³-hybridized carbons (Fsp3) is 0.0370. The molecule has 0 aliphatic heterocycles. The second-order valence-electron chi connectivity index (χ2n) is 7.36. The fourth-order valence-electron chi connectivity index (χ4n) is 3.57. The van der Waals surface area contributed by atoms with E-state index in [2.05, 4.69) is 16.1 Å². The van der Waals surface area contributed by atoms with Crippen molar-refractivity contribution in [3.63, 3.8) is 0 Å². The number of para-hydroxylation sites is 1. The number of benzene rings is 3. The first-order valence-electron chi connectivity index (χ1n) is 10.3. The van der Waals surface area contributed by atoms with E-state index in [1.165, 1.54) is 0 Å². The summed E-state index contributed by atoms with van der Waals surface area (Å²) >= 11 is 0. The summed E-state index contributed by atoms with van der Waals surface area (Å²) in [5.74, 6) is 0.765. The zero-order chi connectivity index (χ0) is 21.8. The van der Waals surface area contributed by atoms with E-state index in [0.29, 0.717) is 12.5 Å². The second-order valence-corrected chi connectivity index (χ2v) is 7.36. The van der Waals surface area contributed by atoms with Crippen LogP contribution in [0.3, 0.4) is 0 Å². The lowest BCUT2D eigenvalue weighted by Crippen LogP contribution is -2.03. The summed E-state index contributed by atoms with van der Waals surface area (Å²) in [5, 5.41) is 14.2. The SMILES string of the molecule is Oc1ccc(-c2cnc(OCc3ccccc3)c(-c3ccnn3-c3ccccc3)c2)cc1. The van der Waals surface area contributed by atoms with Crippen LogP contribution in [-0.2, 0) is 6.61 Å². The van der Waals surface area contributed by atoms with Crippen molar-refractivity contribution in [2.24, 2.45) is 0 Å². The molecule has 0 aliphatic carbocycles. The number of rotatable bonds is 6. The first-order chi connectivity index (χ1) is 15.8. The maximum absolute atomic E-state index is 9.65. The van der Waals surface area contributed by atoms with Crippen LogP contribution >= 0.6 is 0 Å². The molecule has 156 valence electrons. The van der Waals surface area contributed by atoms with Crippen LogP contribution < -0.4 is 4.74 Å². The predicted octanol–water partition coefficient (Wildman–Crippen LogP) is 5.89. The van der Waals surface area contributed by atoms with Gasteiger partial charge in [-0.1, -0.05) is 60.7 Å². The topological polar surface area (TPSA) is 60.2 Å². The monoisotopic (exact) mass is 419 g/mol. The Morgan fingerprint density at radius 2 is 1.50 bits per heavy atom. The number of nitrogens with zero attached hydrogens (tertiary/aromatic N) is 3. The van der Waals surface area contributed by atoms with Crippen molar-refractivity contribution in [2.45, 2.75) is 6.61 Å². The minimum atomic E-state index is 0.229. The molecule has 0 fully saturated rings. The van der Waals surface area contributed by atoms with Crippen molar-refractivity contribution in [1.82, 2.24) is 14.8 Å². The van der Waals surface area contributed by atoms with Gasteiger partial charge in [0.25, 0.3) is 0 Å². The van der Waals surface area contributed by atoms with E-state index in [1.54, 1.807) is 24.5 Å². The number of phenols is 1. The summed E-state index contributed by atoms with van der Waals surface area (Å²) in [4.78, 5) is 4.66. The number of ether oxygens (including phenoxy) is 1. The lowest BCUT2D eigenvalue weighted by molar-refractivity contribution is 0.295. The van der Waals surface area contributed by atoms with Gasteiger partial charge in [0.1, 0.15) is 12.4 Å². The minimum Gasteiger partial charge on any atom is -0.508 e. The molecule has 5 rings (SSSR count). The van der Waals surface area contributed by atoms with Gasteiger partial charge in [-0.3, -0.25) is 0 Å². The fourth-order valence-corrected chi connectivity index (χ4v) is 3.57. The maximum Gasteiger partial charge on any atom is 0.223 e. The van der Waals surface area contributed by atoms with Crippen LogP contribution in [0.4, 0.5) is 0 Å². The summed E-state index contributed by atoms with van der Waals surface area (Å²) in [5.41, 5.74) is 5.63. The molecule has 0 unspecified atom stereocenters. The molecule has 2 heterocycles. The number of hydrogen-bond donors (Lipinski definition) is 1. The normalized spacial score (nSPS) is 10.8. The van der Waals surface area contributed by atoms with Gasteiger partial charge in [-0.2, -0.15) is 5.10 Å². The third-order valence-corrected chi connectivity index (χ3v) is 5.19. The second kappa shape index (κ2) is 8.78. The highest BCUT2D eigenvalue weighted by Gasteiger charge is 2.16. The summed E-state index contributed by atoms with van der Waals surface area (Å²) in [6, 6.07) is 31.1. The quantitative estimate of drug-likeness (QED) is 0.373. The largest absolute Gasteiger partial charge is 0.508 e. The Morgan fingerprint density at radius 1 is 0.781 bits per heavy atom. The number of hydrogen-bond acceptors (Lipinski definition) is 4. The molecule has 32 heavy (non-hydrogen) atoms. The number of phenolic OH excluding ortho intramolecular Hbond substituents is 1. The van der Waals surface area contributed by atoms with Crippen molar-refractivity contribution < 1.29 is 9.84 Å². The zero-order valence-electron chi connectivity index (χ0n) is 17.3. The van der Waals surface area contributed by atoms with Crippen LogP contribution in [0.5, 0.6) is 11.6 Å². The molecule has 0 atom stereocenters. The van der Waals surface area contributed by atoms with Crippen LogP contribution in [0, 0.1) is 0 Å². The Hall–Kier alpha value is -4.38. The highest BCUT2D eigenvalue weighted by Crippen LogP contribution is 2.34. The molecule has 0 spiro atoms. The van der Waals surface area contributed by atoms with Crippen molar-refractivity contribution in [3.8, 4) is 39.7 Å². The lowest BCUT2D eigenvalue weighted by atomic mass is 10.0. The highest BCUT2D eigenvalue weighted by molar-refractivity contribution is 5.75. The van der Waals surface area contributed by atoms with Crippen LogP contribution in [0.25, 0.3) is 28.1 Å². The molecule has 0 saturated carbocycles. The molecule has 2 aromatic heterocycles. The van der Waals surface area contributed by atoms with Crippen molar-refractivity contribution in [1.29, 1.82) is 0 Å². The number of aromatic nitrogens is 3. The van der Waals surface area contributed by atoms with E-state index in [-0.39, 0.29) is 5.75 Å². The Balaban J connectivity index is 1.59. The molecule has 1 N–H and O–H groups in total. The third-order valence-electron chi connectivity index (χ3n) is 5.19. The van der Waals surface area contributed by atoms with E-state index in [9.17, 15) is 5.11 Å². The van der Waals surface area contributed by atoms with E-state index in [1.807, 2.05) is 83.5 Å². The van der Waals surface area contributed by atoms with E-state index in [0.717, 1.165) is 33.6 Å². The van der Waals surface area contributed by atoms with Crippen LogP contribution in [0.15, 0.2) is 109 Å². The molecular formula is C27H21N3O2. The Labute approximate surface area is 186 Å². The average Bonchev–Trinajstić information content (AvgIpc) is 3.34.